The molecule has 1 aliphatic carbocycles. The molecule has 0 radical (unpaired) electrons. The van der Waals surface area contributed by atoms with Crippen molar-refractivity contribution in [2.24, 2.45) is 0 Å². The minimum atomic E-state index is -0.137. The average molecular weight is 652 g/mol. The molecule has 0 spiro atoms. The molecule has 0 N–H and O–H groups in total. The molecule has 0 amide bonds. The van der Waals surface area contributed by atoms with Gasteiger partial charge >= 0.3 is 0 Å². The van der Waals surface area contributed by atoms with Crippen LogP contribution in [0.5, 0.6) is 0 Å². The molecule has 0 fully saturated rings. The molecule has 240 valence electrons. The Hall–Kier alpha value is -6.45. The van der Waals surface area contributed by atoms with E-state index in [1.807, 2.05) is 60.7 Å². The maximum atomic E-state index is 4.92. The zero-order chi connectivity index (χ0) is 34.1. The average Bonchev–Trinajstić information content (AvgIpc) is 3.43. The molecule has 0 atom stereocenters. The van der Waals surface area contributed by atoms with Crippen LogP contribution in [0.4, 0.5) is 0 Å². The van der Waals surface area contributed by atoms with Gasteiger partial charge in [0, 0.05) is 22.1 Å². The van der Waals surface area contributed by atoms with Crippen molar-refractivity contribution in [2.75, 3.05) is 0 Å². The zero-order valence-electron chi connectivity index (χ0n) is 28.4. The van der Waals surface area contributed by atoms with Crippen molar-refractivity contribution < 1.29 is 0 Å². The summed E-state index contributed by atoms with van der Waals surface area (Å²) in [7, 11) is 0. The number of hydrogen-bond donors (Lipinski definition) is 0. The van der Waals surface area contributed by atoms with E-state index in [0.717, 1.165) is 22.3 Å². The number of aromatic nitrogens is 3. The van der Waals surface area contributed by atoms with Crippen LogP contribution in [0, 0.1) is 0 Å². The molecule has 0 bridgehead atoms. The normalized spacial score (nSPS) is 13.1. The van der Waals surface area contributed by atoms with Gasteiger partial charge < -0.3 is 0 Å². The summed E-state index contributed by atoms with van der Waals surface area (Å²) in [5, 5.41) is 7.83. The van der Waals surface area contributed by atoms with E-state index in [2.05, 4.69) is 117 Å². The van der Waals surface area contributed by atoms with Gasteiger partial charge in [-0.2, -0.15) is 0 Å². The van der Waals surface area contributed by atoms with Gasteiger partial charge in [0.1, 0.15) is 0 Å². The summed E-state index contributed by atoms with van der Waals surface area (Å²) in [5.74, 6) is 1.98. The summed E-state index contributed by atoms with van der Waals surface area (Å²) < 4.78 is 0. The monoisotopic (exact) mass is 651 g/mol. The van der Waals surface area contributed by atoms with Gasteiger partial charge in [0.25, 0.3) is 0 Å². The Morgan fingerprint density at radius 2 is 0.843 bits per heavy atom. The highest BCUT2D eigenvalue weighted by atomic mass is 15.0. The van der Waals surface area contributed by atoms with Crippen LogP contribution >= 0.6 is 0 Å². The molecule has 51 heavy (non-hydrogen) atoms. The Balaban J connectivity index is 1.06. The SMILES string of the molecule is CC1(C)c2cc3cc(-c4ccc(-c5nc(-c6ccccc6)nc(-c6ccccc6)n5)cc4)ccc3cc2-c2c1c1ccccc1c1ccccc21. The van der Waals surface area contributed by atoms with Crippen LogP contribution in [-0.4, -0.2) is 15.0 Å². The van der Waals surface area contributed by atoms with Crippen LogP contribution in [0.1, 0.15) is 25.0 Å². The summed E-state index contributed by atoms with van der Waals surface area (Å²) >= 11 is 0. The van der Waals surface area contributed by atoms with Crippen molar-refractivity contribution >= 4 is 32.3 Å². The largest absolute Gasteiger partial charge is 0.208 e. The van der Waals surface area contributed by atoms with E-state index in [1.165, 1.54) is 60.1 Å². The lowest BCUT2D eigenvalue weighted by Crippen LogP contribution is -2.15. The third kappa shape index (κ3) is 4.69. The van der Waals surface area contributed by atoms with Gasteiger partial charge in [0.2, 0.25) is 0 Å². The number of benzene rings is 8. The van der Waals surface area contributed by atoms with E-state index >= 15 is 0 Å². The van der Waals surface area contributed by atoms with Crippen LogP contribution in [0.25, 0.3) is 88.7 Å². The standard InChI is InChI=1S/C48H33N3/c1-48(2)42-29-36-27-34(25-26-35(36)28-41(42)43-39-19-11-9-17-37(39)38-18-10-12-20-40(38)44(43)48)30-21-23-33(24-22-30)47-50-45(31-13-5-3-6-14-31)49-46(51-47)32-15-7-4-8-16-32/h3-29H,1-2H3. The topological polar surface area (TPSA) is 38.7 Å². The van der Waals surface area contributed by atoms with Gasteiger partial charge in [-0.15, -0.1) is 0 Å². The number of hydrogen-bond acceptors (Lipinski definition) is 3. The molecule has 1 aliphatic rings. The second-order valence-corrected chi connectivity index (χ2v) is 14.0. The summed E-state index contributed by atoms with van der Waals surface area (Å²) in [6.07, 6.45) is 0. The van der Waals surface area contributed by atoms with Gasteiger partial charge in [-0.1, -0.05) is 159 Å². The van der Waals surface area contributed by atoms with Gasteiger partial charge in [-0.3, -0.25) is 0 Å². The molecule has 8 aromatic carbocycles. The first kappa shape index (κ1) is 29.5. The summed E-state index contributed by atoms with van der Waals surface area (Å²) in [6.45, 7) is 4.78. The van der Waals surface area contributed by atoms with Gasteiger partial charge in [-0.05, 0) is 83.9 Å². The van der Waals surface area contributed by atoms with Crippen LogP contribution < -0.4 is 0 Å². The second kappa shape index (κ2) is 11.3. The van der Waals surface area contributed by atoms with E-state index in [-0.39, 0.29) is 5.41 Å². The smallest absolute Gasteiger partial charge is 0.164 e. The first-order chi connectivity index (χ1) is 25.0. The van der Waals surface area contributed by atoms with Crippen molar-refractivity contribution in [3.05, 3.63) is 175 Å². The zero-order valence-corrected chi connectivity index (χ0v) is 28.4. The number of nitrogens with zero attached hydrogens (tertiary/aromatic N) is 3. The Kier molecular flexibility index (Phi) is 6.53. The van der Waals surface area contributed by atoms with Crippen molar-refractivity contribution in [1.29, 1.82) is 0 Å². The molecule has 0 saturated carbocycles. The van der Waals surface area contributed by atoms with E-state index in [9.17, 15) is 0 Å². The van der Waals surface area contributed by atoms with Crippen molar-refractivity contribution in [2.45, 2.75) is 19.3 Å². The number of rotatable bonds is 4. The predicted molar refractivity (Wildman–Crippen MR) is 212 cm³/mol. The second-order valence-electron chi connectivity index (χ2n) is 14.0. The molecular weight excluding hydrogens is 619 g/mol. The third-order valence-corrected chi connectivity index (χ3v) is 10.7. The van der Waals surface area contributed by atoms with Crippen molar-refractivity contribution in [1.82, 2.24) is 15.0 Å². The molecule has 0 aliphatic heterocycles. The number of fused-ring (bicyclic) bond motifs is 9. The maximum absolute atomic E-state index is 4.92. The lowest BCUT2D eigenvalue weighted by atomic mass is 9.79. The van der Waals surface area contributed by atoms with Gasteiger partial charge in [-0.25, -0.2) is 15.0 Å². The summed E-state index contributed by atoms with van der Waals surface area (Å²) in [6, 6.07) is 58.3. The molecular formula is C48H33N3. The van der Waals surface area contributed by atoms with Crippen LogP contribution in [0.2, 0.25) is 0 Å². The van der Waals surface area contributed by atoms with E-state index in [4.69, 9.17) is 15.0 Å². The molecule has 0 saturated heterocycles. The van der Waals surface area contributed by atoms with Gasteiger partial charge in [0.05, 0.1) is 0 Å². The predicted octanol–water partition coefficient (Wildman–Crippen LogP) is 12.3. The van der Waals surface area contributed by atoms with E-state index < -0.39 is 0 Å². The van der Waals surface area contributed by atoms with Crippen molar-refractivity contribution in [3.63, 3.8) is 0 Å². The Labute approximate surface area is 297 Å². The lowest BCUT2D eigenvalue weighted by Gasteiger charge is -2.24. The highest BCUT2D eigenvalue weighted by molar-refractivity contribution is 6.19. The Bertz CT molecular complexity index is 2740. The maximum Gasteiger partial charge on any atom is 0.164 e. The highest BCUT2D eigenvalue weighted by Crippen LogP contribution is 2.55. The molecule has 3 heteroatoms. The van der Waals surface area contributed by atoms with Crippen LogP contribution in [0.15, 0.2) is 164 Å². The first-order valence-corrected chi connectivity index (χ1v) is 17.5. The Morgan fingerprint density at radius 1 is 0.373 bits per heavy atom. The van der Waals surface area contributed by atoms with Crippen LogP contribution in [-0.2, 0) is 5.41 Å². The quantitative estimate of drug-likeness (QED) is 0.178. The van der Waals surface area contributed by atoms with E-state index in [0.29, 0.717) is 17.5 Å². The van der Waals surface area contributed by atoms with E-state index in [1.54, 1.807) is 0 Å². The minimum absolute atomic E-state index is 0.137. The molecule has 3 nitrogen and oxygen atoms in total. The highest BCUT2D eigenvalue weighted by Gasteiger charge is 2.38. The first-order valence-electron chi connectivity index (χ1n) is 17.5. The molecule has 9 aromatic rings. The fraction of sp³-hybridized carbons (Fsp3) is 0.0625. The fourth-order valence-corrected chi connectivity index (χ4v) is 8.16. The summed E-state index contributed by atoms with van der Waals surface area (Å²) in [5.41, 5.74) is 10.6. The molecule has 1 aromatic heterocycles. The fourth-order valence-electron chi connectivity index (χ4n) is 8.16. The Morgan fingerprint density at radius 3 is 1.45 bits per heavy atom. The van der Waals surface area contributed by atoms with Crippen molar-refractivity contribution in [3.8, 4) is 56.4 Å². The van der Waals surface area contributed by atoms with Crippen LogP contribution in [0.3, 0.4) is 0 Å². The lowest BCUT2D eigenvalue weighted by molar-refractivity contribution is 0.667. The third-order valence-electron chi connectivity index (χ3n) is 10.7. The molecule has 10 rings (SSSR count). The van der Waals surface area contributed by atoms with Gasteiger partial charge in [0.15, 0.2) is 17.5 Å². The minimum Gasteiger partial charge on any atom is -0.208 e. The molecule has 1 heterocycles. The summed E-state index contributed by atoms with van der Waals surface area (Å²) in [4.78, 5) is 14.7. The molecule has 0 unspecified atom stereocenters.